The van der Waals surface area contributed by atoms with E-state index in [1.807, 2.05) is 30.6 Å². The summed E-state index contributed by atoms with van der Waals surface area (Å²) in [5, 5.41) is 7.82. The number of aromatic nitrogens is 2. The molecule has 20 heavy (non-hydrogen) atoms. The normalized spacial score (nSPS) is 11.8. The van der Waals surface area contributed by atoms with Gasteiger partial charge in [0.25, 0.3) is 0 Å². The third-order valence-electron chi connectivity index (χ3n) is 3.20. The zero-order valence-electron chi connectivity index (χ0n) is 13.1. The summed E-state index contributed by atoms with van der Waals surface area (Å²) in [5.41, 5.74) is 2.12. The molecule has 1 aromatic heterocycles. The lowest BCUT2D eigenvalue weighted by Gasteiger charge is -2.21. The maximum atomic E-state index is 11.3. The van der Waals surface area contributed by atoms with Gasteiger partial charge in [-0.25, -0.2) is 8.42 Å². The second-order valence-corrected chi connectivity index (χ2v) is 7.50. The lowest BCUT2D eigenvalue weighted by Crippen LogP contribution is -2.28. The fraction of sp³-hybridized carbons (Fsp3) is 0.769. The quantitative estimate of drug-likeness (QED) is 0.716. The SMILES string of the molecule is CCCNCc1c(C)nn(C)c1N(C)CCS(C)(=O)=O. The van der Waals surface area contributed by atoms with Crippen molar-refractivity contribution in [3.05, 3.63) is 11.3 Å². The number of anilines is 1. The van der Waals surface area contributed by atoms with Gasteiger partial charge in [0, 0.05) is 39.0 Å². The third-order valence-corrected chi connectivity index (χ3v) is 4.12. The van der Waals surface area contributed by atoms with Gasteiger partial charge in [-0.1, -0.05) is 6.92 Å². The zero-order chi connectivity index (χ0) is 15.3. The minimum atomic E-state index is -2.95. The van der Waals surface area contributed by atoms with Gasteiger partial charge in [-0.15, -0.1) is 0 Å². The monoisotopic (exact) mass is 302 g/mol. The molecule has 0 aliphatic heterocycles. The summed E-state index contributed by atoms with van der Waals surface area (Å²) in [6.07, 6.45) is 2.34. The molecule has 1 N–H and O–H groups in total. The number of nitrogens with one attached hydrogen (secondary N) is 1. The first-order chi connectivity index (χ1) is 9.26. The summed E-state index contributed by atoms with van der Waals surface area (Å²) in [6, 6.07) is 0. The maximum absolute atomic E-state index is 11.3. The van der Waals surface area contributed by atoms with E-state index in [4.69, 9.17) is 0 Å². The first kappa shape index (κ1) is 17.0. The smallest absolute Gasteiger partial charge is 0.149 e. The molecule has 6 nitrogen and oxygen atoms in total. The van der Waals surface area contributed by atoms with Crippen LogP contribution in [-0.2, 0) is 23.4 Å². The van der Waals surface area contributed by atoms with Crippen LogP contribution in [0.1, 0.15) is 24.6 Å². The summed E-state index contributed by atoms with van der Waals surface area (Å²) >= 11 is 0. The average molecular weight is 302 g/mol. The fourth-order valence-electron chi connectivity index (χ4n) is 2.17. The number of aryl methyl sites for hydroxylation is 2. The summed E-state index contributed by atoms with van der Waals surface area (Å²) in [6.45, 7) is 6.30. The number of hydrogen-bond donors (Lipinski definition) is 1. The molecule has 1 heterocycles. The Morgan fingerprint density at radius 3 is 2.60 bits per heavy atom. The van der Waals surface area contributed by atoms with E-state index in [0.29, 0.717) is 6.54 Å². The Morgan fingerprint density at radius 2 is 2.05 bits per heavy atom. The van der Waals surface area contributed by atoms with E-state index >= 15 is 0 Å². The van der Waals surface area contributed by atoms with Crippen molar-refractivity contribution >= 4 is 15.7 Å². The summed E-state index contributed by atoms with van der Waals surface area (Å²) in [7, 11) is 0.845. The van der Waals surface area contributed by atoms with E-state index in [-0.39, 0.29) is 5.75 Å². The second-order valence-electron chi connectivity index (χ2n) is 5.24. The van der Waals surface area contributed by atoms with Crippen molar-refractivity contribution in [1.82, 2.24) is 15.1 Å². The molecule has 1 aromatic rings. The Hall–Kier alpha value is -1.08. The van der Waals surface area contributed by atoms with Gasteiger partial charge in [0.2, 0.25) is 0 Å². The number of sulfone groups is 1. The van der Waals surface area contributed by atoms with Crippen LogP contribution in [0.15, 0.2) is 0 Å². The van der Waals surface area contributed by atoms with Crippen LogP contribution in [0.3, 0.4) is 0 Å². The van der Waals surface area contributed by atoms with Crippen molar-refractivity contribution in [2.24, 2.45) is 7.05 Å². The van der Waals surface area contributed by atoms with Crippen molar-refractivity contribution in [3.8, 4) is 0 Å². The van der Waals surface area contributed by atoms with Crippen LogP contribution in [0.5, 0.6) is 0 Å². The van der Waals surface area contributed by atoms with Crippen molar-refractivity contribution < 1.29 is 8.42 Å². The molecule has 0 bridgehead atoms. The molecule has 0 saturated carbocycles. The molecular formula is C13H26N4O2S. The number of nitrogens with zero attached hydrogens (tertiary/aromatic N) is 3. The van der Waals surface area contributed by atoms with Crippen LogP contribution in [-0.4, -0.2) is 50.3 Å². The summed E-state index contributed by atoms with van der Waals surface area (Å²) in [5.74, 6) is 1.13. The number of rotatable bonds is 8. The molecule has 0 aromatic carbocycles. The van der Waals surface area contributed by atoms with Crippen molar-refractivity contribution in [2.75, 3.05) is 37.0 Å². The lowest BCUT2D eigenvalue weighted by molar-refractivity contribution is 0.600. The van der Waals surface area contributed by atoms with Gasteiger partial charge in [-0.3, -0.25) is 4.68 Å². The van der Waals surface area contributed by atoms with E-state index in [1.165, 1.54) is 6.26 Å². The van der Waals surface area contributed by atoms with Crippen LogP contribution in [0.4, 0.5) is 5.82 Å². The molecular weight excluding hydrogens is 276 g/mol. The van der Waals surface area contributed by atoms with Gasteiger partial charge in [-0.2, -0.15) is 5.10 Å². The molecule has 0 spiro atoms. The van der Waals surface area contributed by atoms with Gasteiger partial charge in [-0.05, 0) is 19.9 Å². The van der Waals surface area contributed by atoms with Gasteiger partial charge < -0.3 is 10.2 Å². The van der Waals surface area contributed by atoms with Gasteiger partial charge in [0.1, 0.15) is 15.7 Å². The highest BCUT2D eigenvalue weighted by Gasteiger charge is 2.17. The van der Waals surface area contributed by atoms with Crippen LogP contribution >= 0.6 is 0 Å². The predicted octanol–water partition coefficient (Wildman–Crippen LogP) is 0.709. The topological polar surface area (TPSA) is 67.2 Å². The van der Waals surface area contributed by atoms with Gasteiger partial charge >= 0.3 is 0 Å². The molecule has 1 rings (SSSR count). The minimum Gasteiger partial charge on any atom is -0.359 e. The van der Waals surface area contributed by atoms with Crippen LogP contribution < -0.4 is 10.2 Å². The first-order valence-corrected chi connectivity index (χ1v) is 8.94. The van der Waals surface area contributed by atoms with E-state index < -0.39 is 9.84 Å². The minimum absolute atomic E-state index is 0.148. The Morgan fingerprint density at radius 1 is 1.40 bits per heavy atom. The van der Waals surface area contributed by atoms with Crippen molar-refractivity contribution in [3.63, 3.8) is 0 Å². The summed E-state index contributed by atoms with van der Waals surface area (Å²) < 4.78 is 24.4. The van der Waals surface area contributed by atoms with Crippen LogP contribution in [0.2, 0.25) is 0 Å². The van der Waals surface area contributed by atoms with E-state index in [0.717, 1.165) is 36.6 Å². The van der Waals surface area contributed by atoms with Gasteiger partial charge in [0.15, 0.2) is 0 Å². The molecule has 0 aliphatic rings. The Labute approximate surface area is 122 Å². The Kier molecular flexibility index (Phi) is 6.01. The van der Waals surface area contributed by atoms with E-state index in [9.17, 15) is 8.42 Å². The standard InChI is InChI=1S/C13H26N4O2S/c1-6-7-14-10-12-11(2)15-17(4)13(12)16(3)8-9-20(5,18)19/h14H,6-10H2,1-5H3. The molecule has 0 amide bonds. The van der Waals surface area contributed by atoms with Crippen LogP contribution in [0.25, 0.3) is 0 Å². The molecule has 0 aliphatic carbocycles. The van der Waals surface area contributed by atoms with Gasteiger partial charge in [0.05, 0.1) is 11.4 Å². The largest absolute Gasteiger partial charge is 0.359 e. The molecule has 0 atom stereocenters. The summed E-state index contributed by atoms with van der Waals surface area (Å²) in [4.78, 5) is 1.96. The van der Waals surface area contributed by atoms with E-state index in [1.54, 1.807) is 0 Å². The lowest BCUT2D eigenvalue weighted by atomic mass is 10.2. The van der Waals surface area contributed by atoms with Crippen molar-refractivity contribution in [1.29, 1.82) is 0 Å². The van der Waals surface area contributed by atoms with E-state index in [2.05, 4.69) is 17.3 Å². The molecule has 0 saturated heterocycles. The predicted molar refractivity (Wildman–Crippen MR) is 82.9 cm³/mol. The Bertz CT molecular complexity index is 537. The second kappa shape index (κ2) is 7.08. The van der Waals surface area contributed by atoms with Crippen molar-refractivity contribution in [2.45, 2.75) is 26.8 Å². The Balaban J connectivity index is 2.86. The average Bonchev–Trinajstić information content (AvgIpc) is 2.61. The highest BCUT2D eigenvalue weighted by Crippen LogP contribution is 2.22. The third kappa shape index (κ3) is 4.79. The first-order valence-electron chi connectivity index (χ1n) is 6.88. The highest BCUT2D eigenvalue weighted by molar-refractivity contribution is 7.90. The molecule has 0 unspecified atom stereocenters. The zero-order valence-corrected chi connectivity index (χ0v) is 13.9. The maximum Gasteiger partial charge on any atom is 0.149 e. The van der Waals surface area contributed by atoms with Crippen LogP contribution in [0, 0.1) is 6.92 Å². The fourth-order valence-corrected chi connectivity index (χ4v) is 2.78. The number of hydrogen-bond acceptors (Lipinski definition) is 5. The molecule has 7 heteroatoms. The molecule has 116 valence electrons. The highest BCUT2D eigenvalue weighted by atomic mass is 32.2. The molecule has 0 fully saturated rings. The molecule has 0 radical (unpaired) electrons.